The molecule has 0 unspecified atom stereocenters. The number of benzene rings is 4. The minimum Gasteiger partial charge on any atom is -0.0870 e. The predicted molar refractivity (Wildman–Crippen MR) is 139 cm³/mol. The summed E-state index contributed by atoms with van der Waals surface area (Å²) in [5.41, 5.74) is 9.55. The summed E-state index contributed by atoms with van der Waals surface area (Å²) in [5, 5.41) is 5.28. The van der Waals surface area contributed by atoms with Gasteiger partial charge in [0.05, 0.1) is 0 Å². The lowest BCUT2D eigenvalue weighted by molar-refractivity contribution is 1.09. The van der Waals surface area contributed by atoms with Gasteiger partial charge in [-0.2, -0.15) is 0 Å². The standard InChI is InChI=1S/C31H32/c1-6-11-27-29-17-15-24-20-21(4)14-16-25(24)28(29)18-19-30(27)31(22(5)7-2)26-13-10-9-12-23(26)8-3/h6,9-20H,7-8H2,1-5H3/b11-6-,31-22?. The molecule has 0 aliphatic heterocycles. The summed E-state index contributed by atoms with van der Waals surface area (Å²) in [6, 6.07) is 24.9. The Morgan fingerprint density at radius 2 is 1.55 bits per heavy atom. The zero-order chi connectivity index (χ0) is 22.0. The van der Waals surface area contributed by atoms with Gasteiger partial charge in [0.1, 0.15) is 0 Å². The molecule has 0 heterocycles. The summed E-state index contributed by atoms with van der Waals surface area (Å²) in [7, 11) is 0. The van der Waals surface area contributed by atoms with Crippen LogP contribution in [-0.4, -0.2) is 0 Å². The molecule has 156 valence electrons. The molecule has 4 aromatic rings. The summed E-state index contributed by atoms with van der Waals surface area (Å²) in [4.78, 5) is 0. The first-order valence-corrected chi connectivity index (χ1v) is 11.5. The van der Waals surface area contributed by atoms with Gasteiger partial charge in [-0.3, -0.25) is 0 Å². The Bertz CT molecular complexity index is 1310. The van der Waals surface area contributed by atoms with Gasteiger partial charge in [0, 0.05) is 0 Å². The van der Waals surface area contributed by atoms with Crippen LogP contribution in [0.4, 0.5) is 0 Å². The molecule has 0 amide bonds. The van der Waals surface area contributed by atoms with Crippen LogP contribution in [0.2, 0.25) is 0 Å². The molecule has 4 aromatic carbocycles. The van der Waals surface area contributed by atoms with E-state index in [1.807, 2.05) is 0 Å². The van der Waals surface area contributed by atoms with Gasteiger partial charge >= 0.3 is 0 Å². The highest BCUT2D eigenvalue weighted by Crippen LogP contribution is 2.38. The molecule has 0 aliphatic carbocycles. The van der Waals surface area contributed by atoms with Gasteiger partial charge in [-0.15, -0.1) is 0 Å². The third-order valence-electron chi connectivity index (χ3n) is 6.44. The maximum atomic E-state index is 2.35. The molecule has 0 radical (unpaired) electrons. The Hall–Kier alpha value is -3.12. The van der Waals surface area contributed by atoms with Crippen LogP contribution in [0.25, 0.3) is 33.2 Å². The van der Waals surface area contributed by atoms with E-state index in [4.69, 9.17) is 0 Å². The van der Waals surface area contributed by atoms with Crippen LogP contribution in [-0.2, 0) is 6.42 Å². The van der Waals surface area contributed by atoms with Crippen molar-refractivity contribution in [3.8, 4) is 0 Å². The van der Waals surface area contributed by atoms with Crippen molar-refractivity contribution in [2.45, 2.75) is 47.5 Å². The summed E-state index contributed by atoms with van der Waals surface area (Å²) in [5.74, 6) is 0. The second-order valence-electron chi connectivity index (χ2n) is 8.43. The van der Waals surface area contributed by atoms with E-state index in [0.717, 1.165) is 12.8 Å². The molecule has 4 rings (SSSR count). The van der Waals surface area contributed by atoms with Gasteiger partial charge in [-0.25, -0.2) is 0 Å². The molecule has 0 saturated heterocycles. The van der Waals surface area contributed by atoms with Gasteiger partial charge in [0.2, 0.25) is 0 Å². The average Bonchev–Trinajstić information content (AvgIpc) is 2.80. The number of aryl methyl sites for hydroxylation is 2. The Morgan fingerprint density at radius 3 is 2.29 bits per heavy atom. The van der Waals surface area contributed by atoms with E-state index in [0.29, 0.717) is 0 Å². The van der Waals surface area contributed by atoms with Crippen molar-refractivity contribution in [2.24, 2.45) is 0 Å². The molecule has 0 N–H and O–H groups in total. The minimum absolute atomic E-state index is 1.03. The maximum Gasteiger partial charge on any atom is -0.00989 e. The number of allylic oxidation sites excluding steroid dienone is 2. The molecule has 0 aliphatic rings. The van der Waals surface area contributed by atoms with E-state index in [1.54, 1.807) is 0 Å². The van der Waals surface area contributed by atoms with Gasteiger partial charge < -0.3 is 0 Å². The van der Waals surface area contributed by atoms with Crippen molar-refractivity contribution in [1.82, 2.24) is 0 Å². The Labute approximate surface area is 186 Å². The quantitative estimate of drug-likeness (QED) is 0.291. The number of fused-ring (bicyclic) bond motifs is 3. The third-order valence-corrected chi connectivity index (χ3v) is 6.44. The first-order valence-electron chi connectivity index (χ1n) is 11.5. The van der Waals surface area contributed by atoms with E-state index in [-0.39, 0.29) is 0 Å². The molecule has 0 spiro atoms. The maximum absolute atomic E-state index is 2.35. The van der Waals surface area contributed by atoms with Crippen LogP contribution in [0.15, 0.2) is 78.4 Å². The van der Waals surface area contributed by atoms with Crippen LogP contribution in [0.3, 0.4) is 0 Å². The highest BCUT2D eigenvalue weighted by Gasteiger charge is 2.17. The van der Waals surface area contributed by atoms with Crippen molar-refractivity contribution in [2.75, 3.05) is 0 Å². The molecule has 31 heavy (non-hydrogen) atoms. The monoisotopic (exact) mass is 404 g/mol. The van der Waals surface area contributed by atoms with E-state index < -0.39 is 0 Å². The van der Waals surface area contributed by atoms with E-state index in [2.05, 4.69) is 114 Å². The van der Waals surface area contributed by atoms with Crippen molar-refractivity contribution in [3.05, 3.63) is 106 Å². The van der Waals surface area contributed by atoms with E-state index in [9.17, 15) is 0 Å². The predicted octanol–water partition coefficient (Wildman–Crippen LogP) is 9.13. The molecular weight excluding hydrogens is 372 g/mol. The van der Waals surface area contributed by atoms with Crippen LogP contribution in [0, 0.1) is 6.92 Å². The fraction of sp³-hybridized carbons (Fsp3) is 0.226. The van der Waals surface area contributed by atoms with Crippen LogP contribution < -0.4 is 0 Å². The lowest BCUT2D eigenvalue weighted by atomic mass is 9.84. The van der Waals surface area contributed by atoms with Gasteiger partial charge in [0.15, 0.2) is 0 Å². The summed E-state index contributed by atoms with van der Waals surface area (Å²) >= 11 is 0. The molecule has 0 fully saturated rings. The largest absolute Gasteiger partial charge is 0.0870 e. The average molecular weight is 405 g/mol. The normalized spacial score (nSPS) is 12.7. The smallest absolute Gasteiger partial charge is 0.00989 e. The molecular formula is C31H32. The number of hydrogen-bond acceptors (Lipinski definition) is 0. The van der Waals surface area contributed by atoms with Gasteiger partial charge in [0.25, 0.3) is 0 Å². The fourth-order valence-corrected chi connectivity index (χ4v) is 4.71. The molecule has 0 nitrogen and oxygen atoms in total. The number of hydrogen-bond donors (Lipinski definition) is 0. The molecule has 0 heteroatoms. The lowest BCUT2D eigenvalue weighted by Crippen LogP contribution is -2.00. The zero-order valence-electron chi connectivity index (χ0n) is 19.4. The van der Waals surface area contributed by atoms with Crippen LogP contribution in [0.5, 0.6) is 0 Å². The zero-order valence-corrected chi connectivity index (χ0v) is 19.4. The van der Waals surface area contributed by atoms with Gasteiger partial charge in [-0.1, -0.05) is 104 Å². The van der Waals surface area contributed by atoms with E-state index >= 15 is 0 Å². The third kappa shape index (κ3) is 3.83. The summed E-state index contributed by atoms with van der Waals surface area (Å²) < 4.78 is 0. The molecule has 0 bridgehead atoms. The van der Waals surface area contributed by atoms with Crippen molar-refractivity contribution < 1.29 is 0 Å². The van der Waals surface area contributed by atoms with Crippen molar-refractivity contribution in [1.29, 1.82) is 0 Å². The topological polar surface area (TPSA) is 0 Å². The van der Waals surface area contributed by atoms with Crippen LogP contribution in [0.1, 0.15) is 61.9 Å². The Kier molecular flexibility index (Phi) is 6.09. The second kappa shape index (κ2) is 8.94. The van der Waals surface area contributed by atoms with Crippen molar-refractivity contribution in [3.63, 3.8) is 0 Å². The second-order valence-corrected chi connectivity index (χ2v) is 8.43. The lowest BCUT2D eigenvalue weighted by Gasteiger charge is -2.20. The number of rotatable bonds is 5. The summed E-state index contributed by atoms with van der Waals surface area (Å²) in [6.07, 6.45) is 6.53. The summed E-state index contributed by atoms with van der Waals surface area (Å²) in [6.45, 7) is 11.1. The van der Waals surface area contributed by atoms with Gasteiger partial charge in [-0.05, 0) is 83.0 Å². The minimum atomic E-state index is 1.03. The van der Waals surface area contributed by atoms with Crippen LogP contribution >= 0.6 is 0 Å². The first-order chi connectivity index (χ1) is 15.1. The Balaban J connectivity index is 2.09. The highest BCUT2D eigenvalue weighted by molar-refractivity contribution is 6.11. The first kappa shape index (κ1) is 21.1. The molecule has 0 saturated carbocycles. The van der Waals surface area contributed by atoms with Crippen molar-refractivity contribution >= 4 is 33.2 Å². The molecule has 0 atom stereocenters. The Morgan fingerprint density at radius 1 is 0.806 bits per heavy atom. The highest BCUT2D eigenvalue weighted by atomic mass is 14.2. The molecule has 0 aromatic heterocycles. The fourth-order valence-electron chi connectivity index (χ4n) is 4.71. The SMILES string of the molecule is C/C=C\c1c(C(=C(C)CC)c2ccccc2CC)ccc2c1ccc1cc(C)ccc12. The van der Waals surface area contributed by atoms with E-state index in [1.165, 1.54) is 60.5 Å².